The topological polar surface area (TPSA) is 89.5 Å². The summed E-state index contributed by atoms with van der Waals surface area (Å²) in [6.45, 7) is 27.0. The van der Waals surface area contributed by atoms with Gasteiger partial charge in [-0.25, -0.2) is 8.42 Å². The summed E-state index contributed by atoms with van der Waals surface area (Å²) in [6.07, 6.45) is 41.2. The summed E-state index contributed by atoms with van der Waals surface area (Å²) >= 11 is 0. The van der Waals surface area contributed by atoms with E-state index in [0.29, 0.717) is 53.9 Å². The standard InChI is InChI=1S/C70H106O8S/c1-53(2)28-20-29-54(3)30-21-31-55(4)32-22-33-56(5)34-23-35-57(6)36-24-37-58(7)38-25-39-59(8)40-26-41-60(9)42-27-43-61(10)50-65(79(71,72)64-44-18-17-19-45-64)51-62(11)46-47-66-63(12)67(74-14)69(75-15)70(76-16)68(66)78-52-77-49-48-73-13/h17-19,28,30,32,34,36,38,40,42,44-46,50,65H,20-27,29,31,33,35,37,39,41,43,47-49,51-52H2,1-16H3/b54-30+,55-32+,56-34+,57-36+,58-38+,59-40+,60-42+,61-50+,62-46+. The number of hydrogen-bond donors (Lipinski definition) is 0. The second-order valence-electron chi connectivity index (χ2n) is 22.0. The summed E-state index contributed by atoms with van der Waals surface area (Å²) in [5.74, 6) is 1.83. The molecule has 0 fully saturated rings. The fraction of sp³-hybridized carbons (Fsp3) is 0.543. The molecule has 440 valence electrons. The van der Waals surface area contributed by atoms with Crippen LogP contribution in [-0.2, 0) is 25.7 Å². The second kappa shape index (κ2) is 40.1. The molecule has 0 aliphatic heterocycles. The molecular formula is C70H106O8S. The number of rotatable bonds is 40. The molecule has 8 nitrogen and oxygen atoms in total. The van der Waals surface area contributed by atoms with Crippen LogP contribution in [0.25, 0.3) is 0 Å². The van der Waals surface area contributed by atoms with Crippen LogP contribution in [0.1, 0.15) is 196 Å². The van der Waals surface area contributed by atoms with E-state index in [1.54, 1.807) is 52.7 Å². The zero-order valence-electron chi connectivity index (χ0n) is 52.3. The maximum Gasteiger partial charge on any atom is 0.207 e. The van der Waals surface area contributed by atoms with E-state index in [1.165, 1.54) is 51.0 Å². The van der Waals surface area contributed by atoms with E-state index >= 15 is 0 Å². The molecule has 0 aliphatic carbocycles. The van der Waals surface area contributed by atoms with Gasteiger partial charge in [0.2, 0.25) is 11.5 Å². The van der Waals surface area contributed by atoms with Crippen molar-refractivity contribution in [3.8, 4) is 23.0 Å². The molecule has 2 aromatic carbocycles. The van der Waals surface area contributed by atoms with Crippen LogP contribution < -0.4 is 18.9 Å². The minimum Gasteiger partial charge on any atom is -0.492 e. The number of allylic oxidation sites excluding steroid dienone is 19. The summed E-state index contributed by atoms with van der Waals surface area (Å²) in [6, 6.07) is 8.76. The molecule has 0 N–H and O–H groups in total. The molecule has 0 saturated heterocycles. The van der Waals surface area contributed by atoms with Gasteiger partial charge in [-0.3, -0.25) is 0 Å². The molecule has 0 heterocycles. The van der Waals surface area contributed by atoms with Crippen LogP contribution in [0, 0.1) is 6.92 Å². The van der Waals surface area contributed by atoms with Gasteiger partial charge in [-0.2, -0.15) is 0 Å². The van der Waals surface area contributed by atoms with Gasteiger partial charge in [-0.15, -0.1) is 0 Å². The normalized spacial score (nSPS) is 14.2. The number of hydrogen-bond acceptors (Lipinski definition) is 8. The lowest BCUT2D eigenvalue weighted by Gasteiger charge is -2.22. The summed E-state index contributed by atoms with van der Waals surface area (Å²) in [5, 5.41) is -0.744. The Bertz CT molecular complexity index is 2560. The molecule has 0 bridgehead atoms. The largest absolute Gasteiger partial charge is 0.492 e. The minimum absolute atomic E-state index is 0.0243. The Kier molecular flexibility index (Phi) is 35.6. The molecule has 9 heteroatoms. The quantitative estimate of drug-likeness (QED) is 0.0370. The first-order valence-electron chi connectivity index (χ1n) is 29.1. The van der Waals surface area contributed by atoms with Crippen LogP contribution in [0.15, 0.2) is 152 Å². The molecule has 1 unspecified atom stereocenters. The van der Waals surface area contributed by atoms with Gasteiger partial charge in [0.15, 0.2) is 28.1 Å². The van der Waals surface area contributed by atoms with Crippen LogP contribution in [0.5, 0.6) is 23.0 Å². The highest BCUT2D eigenvalue weighted by molar-refractivity contribution is 7.92. The van der Waals surface area contributed by atoms with E-state index in [2.05, 4.69) is 117 Å². The van der Waals surface area contributed by atoms with Gasteiger partial charge in [0.05, 0.1) is 44.7 Å². The summed E-state index contributed by atoms with van der Waals surface area (Å²) in [5.41, 5.74) is 15.3. The number of benzene rings is 2. The van der Waals surface area contributed by atoms with Gasteiger partial charge in [0.25, 0.3) is 0 Å². The van der Waals surface area contributed by atoms with E-state index in [1.807, 2.05) is 32.9 Å². The van der Waals surface area contributed by atoms with Crippen LogP contribution >= 0.6 is 0 Å². The predicted octanol–water partition coefficient (Wildman–Crippen LogP) is 19.5. The van der Waals surface area contributed by atoms with Crippen molar-refractivity contribution in [3.63, 3.8) is 0 Å². The van der Waals surface area contributed by atoms with Gasteiger partial charge < -0.3 is 28.4 Å². The highest BCUT2D eigenvalue weighted by Crippen LogP contribution is 2.50. The molecule has 0 amide bonds. The molecule has 0 saturated carbocycles. The molecule has 79 heavy (non-hydrogen) atoms. The van der Waals surface area contributed by atoms with E-state index in [-0.39, 0.29) is 6.79 Å². The Hall–Kier alpha value is -5.09. The Morgan fingerprint density at radius 2 is 0.835 bits per heavy atom. The fourth-order valence-electron chi connectivity index (χ4n) is 9.39. The van der Waals surface area contributed by atoms with Crippen molar-refractivity contribution >= 4 is 9.84 Å². The van der Waals surface area contributed by atoms with E-state index in [4.69, 9.17) is 28.4 Å². The first-order valence-corrected chi connectivity index (χ1v) is 30.7. The Morgan fingerprint density at radius 3 is 1.22 bits per heavy atom. The lowest BCUT2D eigenvalue weighted by Crippen LogP contribution is -2.20. The molecule has 0 aromatic heterocycles. The van der Waals surface area contributed by atoms with Crippen LogP contribution in [0.2, 0.25) is 0 Å². The smallest absolute Gasteiger partial charge is 0.207 e. The average molecular weight is 1110 g/mol. The molecule has 0 spiro atoms. The molecule has 2 rings (SSSR count). The molecule has 2 aromatic rings. The zero-order chi connectivity index (χ0) is 58.6. The van der Waals surface area contributed by atoms with Gasteiger partial charge >= 0.3 is 0 Å². The average Bonchev–Trinajstić information content (AvgIpc) is 3.46. The zero-order valence-corrected chi connectivity index (χ0v) is 53.1. The van der Waals surface area contributed by atoms with E-state index < -0.39 is 15.1 Å². The monoisotopic (exact) mass is 1110 g/mol. The van der Waals surface area contributed by atoms with Crippen molar-refractivity contribution in [2.24, 2.45) is 0 Å². The van der Waals surface area contributed by atoms with Crippen LogP contribution in [0.4, 0.5) is 0 Å². The third-order valence-corrected chi connectivity index (χ3v) is 16.5. The van der Waals surface area contributed by atoms with E-state index in [9.17, 15) is 8.42 Å². The Morgan fingerprint density at radius 1 is 0.456 bits per heavy atom. The highest BCUT2D eigenvalue weighted by Gasteiger charge is 2.28. The van der Waals surface area contributed by atoms with Crippen molar-refractivity contribution in [2.45, 2.75) is 209 Å². The maximum atomic E-state index is 14.3. The first-order chi connectivity index (χ1) is 37.8. The Balaban J connectivity index is 1.93. The number of methoxy groups -OCH3 is 4. The van der Waals surface area contributed by atoms with Crippen LogP contribution in [0.3, 0.4) is 0 Å². The number of ether oxygens (including phenoxy) is 6. The number of sulfone groups is 1. The minimum atomic E-state index is -3.69. The van der Waals surface area contributed by atoms with Gasteiger partial charge in [0.1, 0.15) is 0 Å². The molecule has 0 radical (unpaired) electrons. The summed E-state index contributed by atoms with van der Waals surface area (Å²) in [4.78, 5) is 0.315. The van der Waals surface area contributed by atoms with Crippen LogP contribution in [-0.4, -0.2) is 62.1 Å². The Labute approximate surface area is 482 Å². The summed E-state index contributed by atoms with van der Waals surface area (Å²) in [7, 11) is 2.63. The van der Waals surface area contributed by atoms with Crippen molar-refractivity contribution in [3.05, 3.63) is 158 Å². The lowest BCUT2D eigenvalue weighted by atomic mass is 9.99. The van der Waals surface area contributed by atoms with Gasteiger partial charge in [-0.05, 0) is 211 Å². The molecule has 0 aliphatic rings. The van der Waals surface area contributed by atoms with E-state index in [0.717, 1.165) is 119 Å². The molecular weight excluding hydrogens is 1000 g/mol. The maximum absolute atomic E-state index is 14.3. The van der Waals surface area contributed by atoms with Crippen molar-refractivity contribution in [2.75, 3.05) is 48.4 Å². The summed E-state index contributed by atoms with van der Waals surface area (Å²) < 4.78 is 62.8. The molecule has 1 atom stereocenters. The van der Waals surface area contributed by atoms with Crippen molar-refractivity contribution < 1.29 is 36.8 Å². The highest BCUT2D eigenvalue weighted by atomic mass is 32.2. The third-order valence-electron chi connectivity index (χ3n) is 14.4. The first kappa shape index (κ1) is 70.0. The predicted molar refractivity (Wildman–Crippen MR) is 337 cm³/mol. The fourth-order valence-corrected chi connectivity index (χ4v) is 11.2. The third kappa shape index (κ3) is 28.8. The second-order valence-corrected chi connectivity index (χ2v) is 24.2. The van der Waals surface area contributed by atoms with Gasteiger partial charge in [0, 0.05) is 18.2 Å². The van der Waals surface area contributed by atoms with Crippen molar-refractivity contribution in [1.82, 2.24) is 0 Å². The van der Waals surface area contributed by atoms with Gasteiger partial charge in [-0.1, -0.05) is 135 Å². The lowest BCUT2D eigenvalue weighted by molar-refractivity contribution is -0.01000. The van der Waals surface area contributed by atoms with Crippen molar-refractivity contribution in [1.29, 1.82) is 0 Å². The SMILES string of the molecule is COCCOCOc1c(C/C=C(\C)CC(/C=C(\C)CC/C=C(\C)CC/C=C(\C)CC/C=C(\C)CC/C=C(\C)CC/C=C(\C)CC/C=C(\C)CC/C=C(\C)CCC=C(C)C)S(=O)(=O)c2ccccc2)c(C)c(OC)c(OC)c1OC.